The van der Waals surface area contributed by atoms with Crippen molar-refractivity contribution in [3.05, 3.63) is 34.9 Å². The van der Waals surface area contributed by atoms with E-state index in [9.17, 15) is 4.79 Å². The third-order valence-electron chi connectivity index (χ3n) is 3.31. The molecule has 0 aliphatic heterocycles. The van der Waals surface area contributed by atoms with Crippen molar-refractivity contribution in [1.82, 2.24) is 0 Å². The van der Waals surface area contributed by atoms with Gasteiger partial charge in [-0.3, -0.25) is 4.79 Å². The molecule has 1 aromatic carbocycles. The molecule has 0 saturated carbocycles. The van der Waals surface area contributed by atoms with Gasteiger partial charge in [0.15, 0.2) is 0 Å². The Morgan fingerprint density at radius 2 is 1.80 bits per heavy atom. The molecule has 0 spiro atoms. The molecule has 0 aliphatic carbocycles. The second-order valence-corrected chi connectivity index (χ2v) is 6.94. The maximum atomic E-state index is 12.4. The summed E-state index contributed by atoms with van der Waals surface area (Å²) < 4.78 is 5.51. The van der Waals surface area contributed by atoms with Gasteiger partial charge in [-0.25, -0.2) is 0 Å². The molecule has 112 valence electrons. The first kappa shape index (κ1) is 17.0. The van der Waals surface area contributed by atoms with E-state index in [1.165, 1.54) is 0 Å². The zero-order chi connectivity index (χ0) is 15.6. The van der Waals surface area contributed by atoms with Crippen molar-refractivity contribution < 1.29 is 9.53 Å². The van der Waals surface area contributed by atoms with Gasteiger partial charge in [0, 0.05) is 17.5 Å². The van der Waals surface area contributed by atoms with E-state index < -0.39 is 11.0 Å². The van der Waals surface area contributed by atoms with E-state index in [0.29, 0.717) is 11.6 Å². The van der Waals surface area contributed by atoms with Crippen molar-refractivity contribution in [2.45, 2.75) is 46.1 Å². The van der Waals surface area contributed by atoms with Crippen LogP contribution in [-0.4, -0.2) is 18.1 Å². The summed E-state index contributed by atoms with van der Waals surface area (Å²) in [5.74, 6) is -0.452. The molecule has 0 aliphatic rings. The minimum atomic E-state index is -0.743. The molecule has 4 heteroatoms. The largest absolute Gasteiger partial charge is 0.460 e. The minimum absolute atomic E-state index is 0.189. The highest BCUT2D eigenvalue weighted by atomic mass is 35.5. The minimum Gasteiger partial charge on any atom is -0.460 e. The molecule has 0 heterocycles. The van der Waals surface area contributed by atoms with Crippen LogP contribution in [0.25, 0.3) is 0 Å². The molecule has 20 heavy (non-hydrogen) atoms. The molecule has 1 atom stereocenters. The van der Waals surface area contributed by atoms with Gasteiger partial charge in [0.05, 0.1) is 5.41 Å². The maximum Gasteiger partial charge on any atom is 0.312 e. The van der Waals surface area contributed by atoms with Crippen LogP contribution in [0.2, 0.25) is 5.02 Å². The van der Waals surface area contributed by atoms with Gasteiger partial charge in [-0.1, -0.05) is 29.8 Å². The van der Waals surface area contributed by atoms with E-state index in [0.717, 1.165) is 5.56 Å². The van der Waals surface area contributed by atoms with Gasteiger partial charge >= 0.3 is 5.97 Å². The Morgan fingerprint density at radius 3 is 2.25 bits per heavy atom. The summed E-state index contributed by atoms with van der Waals surface area (Å²) in [4.78, 5) is 12.4. The average molecular weight is 298 g/mol. The van der Waals surface area contributed by atoms with Gasteiger partial charge in [0.25, 0.3) is 0 Å². The lowest BCUT2D eigenvalue weighted by Gasteiger charge is -2.35. The Hall–Kier alpha value is -1.06. The van der Waals surface area contributed by atoms with Crippen LogP contribution in [0.4, 0.5) is 0 Å². The van der Waals surface area contributed by atoms with E-state index in [1.807, 2.05) is 58.9 Å². The molecule has 2 N–H and O–H groups in total. The summed E-state index contributed by atoms with van der Waals surface area (Å²) in [6, 6.07) is 7.48. The Bertz CT molecular complexity index is 478. The fraction of sp³-hybridized carbons (Fsp3) is 0.562. The molecule has 0 amide bonds. The van der Waals surface area contributed by atoms with Crippen LogP contribution in [0.1, 0.15) is 46.1 Å². The standard InChI is InChI=1S/C16H24ClNO2/c1-15(2,3)20-14(19)16(4,5)12(10-18)11-8-6-7-9-13(11)17/h6-9,12H,10,18H2,1-5H3. The van der Waals surface area contributed by atoms with Crippen molar-refractivity contribution in [3.63, 3.8) is 0 Å². The van der Waals surface area contributed by atoms with Crippen molar-refractivity contribution in [1.29, 1.82) is 0 Å². The Balaban J connectivity index is 3.10. The van der Waals surface area contributed by atoms with E-state index in [1.54, 1.807) is 0 Å². The van der Waals surface area contributed by atoms with E-state index in [4.69, 9.17) is 22.1 Å². The topological polar surface area (TPSA) is 52.3 Å². The number of benzene rings is 1. The van der Waals surface area contributed by atoms with Gasteiger partial charge in [0.2, 0.25) is 0 Å². The van der Waals surface area contributed by atoms with Gasteiger partial charge in [-0.05, 0) is 46.2 Å². The first-order chi connectivity index (χ1) is 9.09. The normalized spacial score (nSPS) is 13.9. The lowest BCUT2D eigenvalue weighted by Crippen LogP contribution is -2.40. The number of nitrogens with two attached hydrogens (primary N) is 1. The van der Waals surface area contributed by atoms with Crippen molar-refractivity contribution >= 4 is 17.6 Å². The van der Waals surface area contributed by atoms with Crippen LogP contribution in [0.3, 0.4) is 0 Å². The third-order valence-corrected chi connectivity index (χ3v) is 3.66. The van der Waals surface area contributed by atoms with Gasteiger partial charge in [-0.15, -0.1) is 0 Å². The zero-order valence-electron chi connectivity index (χ0n) is 12.9. The average Bonchev–Trinajstić information content (AvgIpc) is 2.30. The first-order valence-corrected chi connectivity index (χ1v) is 7.15. The summed E-state index contributed by atoms with van der Waals surface area (Å²) in [6.07, 6.45) is 0. The molecular formula is C16H24ClNO2. The molecule has 0 saturated heterocycles. The van der Waals surface area contributed by atoms with E-state index >= 15 is 0 Å². The van der Waals surface area contributed by atoms with Crippen molar-refractivity contribution in [2.75, 3.05) is 6.54 Å². The SMILES string of the molecule is CC(C)(C)OC(=O)C(C)(C)C(CN)c1ccccc1Cl. The molecule has 0 bridgehead atoms. The second-order valence-electron chi connectivity index (χ2n) is 6.53. The number of carbonyl (C=O) groups is 1. The lowest BCUT2D eigenvalue weighted by molar-refractivity contribution is -0.167. The Labute approximate surface area is 126 Å². The van der Waals surface area contributed by atoms with Crippen LogP contribution in [0.5, 0.6) is 0 Å². The molecule has 1 rings (SSSR count). The predicted octanol–water partition coefficient (Wildman–Crippen LogP) is 3.75. The van der Waals surface area contributed by atoms with Crippen LogP contribution in [-0.2, 0) is 9.53 Å². The molecule has 1 unspecified atom stereocenters. The molecule has 0 radical (unpaired) electrons. The number of hydrogen-bond donors (Lipinski definition) is 1. The van der Waals surface area contributed by atoms with Gasteiger partial charge < -0.3 is 10.5 Å². The van der Waals surface area contributed by atoms with Gasteiger partial charge in [-0.2, -0.15) is 0 Å². The second kappa shape index (κ2) is 6.15. The summed E-state index contributed by atoms with van der Waals surface area (Å²) in [5, 5.41) is 0.625. The van der Waals surface area contributed by atoms with Crippen LogP contribution < -0.4 is 5.73 Å². The molecule has 0 aromatic heterocycles. The van der Waals surface area contributed by atoms with Crippen LogP contribution >= 0.6 is 11.6 Å². The summed E-state index contributed by atoms with van der Waals surface area (Å²) in [6.45, 7) is 9.59. The first-order valence-electron chi connectivity index (χ1n) is 6.77. The number of halogens is 1. The summed E-state index contributed by atoms with van der Waals surface area (Å²) in [7, 11) is 0. The number of hydrogen-bond acceptors (Lipinski definition) is 3. The summed E-state index contributed by atoms with van der Waals surface area (Å²) in [5.41, 5.74) is 5.51. The highest BCUT2D eigenvalue weighted by Crippen LogP contribution is 2.39. The monoisotopic (exact) mass is 297 g/mol. The fourth-order valence-electron chi connectivity index (χ4n) is 2.12. The van der Waals surface area contributed by atoms with E-state index in [-0.39, 0.29) is 11.9 Å². The molecule has 0 fully saturated rings. The Morgan fingerprint density at radius 1 is 1.25 bits per heavy atom. The lowest BCUT2D eigenvalue weighted by atomic mass is 9.74. The molecule has 3 nitrogen and oxygen atoms in total. The maximum absolute atomic E-state index is 12.4. The molecular weight excluding hydrogens is 274 g/mol. The number of esters is 1. The van der Waals surface area contributed by atoms with Crippen LogP contribution in [0, 0.1) is 5.41 Å². The smallest absolute Gasteiger partial charge is 0.312 e. The van der Waals surface area contributed by atoms with E-state index in [2.05, 4.69) is 0 Å². The van der Waals surface area contributed by atoms with Gasteiger partial charge in [0.1, 0.15) is 5.60 Å². The predicted molar refractivity (Wildman–Crippen MR) is 82.9 cm³/mol. The van der Waals surface area contributed by atoms with Crippen LogP contribution in [0.15, 0.2) is 24.3 Å². The van der Waals surface area contributed by atoms with Crippen molar-refractivity contribution in [2.24, 2.45) is 11.1 Å². The quantitative estimate of drug-likeness (QED) is 0.861. The third kappa shape index (κ3) is 3.97. The highest BCUT2D eigenvalue weighted by Gasteiger charge is 2.40. The van der Waals surface area contributed by atoms with Crippen molar-refractivity contribution in [3.8, 4) is 0 Å². The number of carbonyl (C=O) groups excluding carboxylic acids is 1. The number of ether oxygens (including phenoxy) is 1. The number of rotatable bonds is 4. The molecule has 1 aromatic rings. The highest BCUT2D eigenvalue weighted by molar-refractivity contribution is 6.31. The summed E-state index contributed by atoms with van der Waals surface area (Å²) >= 11 is 6.23. The fourth-order valence-corrected chi connectivity index (χ4v) is 2.39. The Kier molecular flexibility index (Phi) is 5.22. The zero-order valence-corrected chi connectivity index (χ0v) is 13.6.